The van der Waals surface area contributed by atoms with Crippen LogP contribution in [0, 0.1) is 0 Å². The number of nitrogens with zero attached hydrogens (tertiary/aromatic N) is 1. The standard InChI is InChI=1S/C5H11NO.C2H7N/c1-6-2-4-7-5-3-6;1-3-2/h2-5H2,1H3;3H,1-2H3. The lowest BCUT2D eigenvalue weighted by molar-refractivity contribution is 0.0503. The lowest BCUT2D eigenvalue weighted by atomic mass is 10.5. The molecule has 1 fully saturated rings. The molecule has 1 saturated heterocycles. The van der Waals surface area contributed by atoms with E-state index in [1.54, 1.807) is 0 Å². The molecule has 0 amide bonds. The van der Waals surface area contributed by atoms with Crippen molar-refractivity contribution in [2.24, 2.45) is 0 Å². The van der Waals surface area contributed by atoms with Crippen molar-refractivity contribution in [1.82, 2.24) is 10.2 Å². The summed E-state index contributed by atoms with van der Waals surface area (Å²) < 4.78 is 5.10. The van der Waals surface area contributed by atoms with Crippen molar-refractivity contribution in [2.45, 2.75) is 0 Å². The zero-order valence-corrected chi connectivity index (χ0v) is 7.18. The van der Waals surface area contributed by atoms with Gasteiger partial charge in [0.1, 0.15) is 0 Å². The second kappa shape index (κ2) is 6.99. The molecule has 0 aliphatic carbocycles. The van der Waals surface area contributed by atoms with E-state index in [1.807, 2.05) is 14.1 Å². The van der Waals surface area contributed by atoms with E-state index >= 15 is 0 Å². The molecular formula is C7H18N2O. The van der Waals surface area contributed by atoms with Crippen molar-refractivity contribution in [3.05, 3.63) is 0 Å². The summed E-state index contributed by atoms with van der Waals surface area (Å²) in [6.45, 7) is 4.02. The fraction of sp³-hybridized carbons (Fsp3) is 1.00. The van der Waals surface area contributed by atoms with Crippen LogP contribution in [-0.4, -0.2) is 52.3 Å². The van der Waals surface area contributed by atoms with E-state index < -0.39 is 0 Å². The highest BCUT2D eigenvalue weighted by Gasteiger charge is 2.02. The molecule has 10 heavy (non-hydrogen) atoms. The highest BCUT2D eigenvalue weighted by Crippen LogP contribution is 1.89. The Kier molecular flexibility index (Phi) is 6.91. The summed E-state index contributed by atoms with van der Waals surface area (Å²) in [6.07, 6.45) is 0. The lowest BCUT2D eigenvalue weighted by Crippen LogP contribution is -2.32. The first-order valence-corrected chi connectivity index (χ1v) is 3.66. The van der Waals surface area contributed by atoms with Crippen LogP contribution in [0.3, 0.4) is 0 Å². The van der Waals surface area contributed by atoms with E-state index in [0.29, 0.717) is 0 Å². The molecule has 1 aliphatic heterocycles. The molecule has 1 N–H and O–H groups in total. The van der Waals surface area contributed by atoms with Gasteiger partial charge in [-0.15, -0.1) is 0 Å². The summed E-state index contributed by atoms with van der Waals surface area (Å²) >= 11 is 0. The molecular weight excluding hydrogens is 128 g/mol. The first-order chi connectivity index (χ1) is 4.81. The molecule has 0 spiro atoms. The van der Waals surface area contributed by atoms with Gasteiger partial charge in [0.2, 0.25) is 0 Å². The number of nitrogens with one attached hydrogen (secondary N) is 1. The van der Waals surface area contributed by atoms with E-state index in [4.69, 9.17) is 4.74 Å². The Bertz CT molecular complexity index is 62.6. The van der Waals surface area contributed by atoms with Gasteiger partial charge in [-0.1, -0.05) is 0 Å². The van der Waals surface area contributed by atoms with Crippen LogP contribution in [0.5, 0.6) is 0 Å². The van der Waals surface area contributed by atoms with E-state index in [-0.39, 0.29) is 0 Å². The van der Waals surface area contributed by atoms with Crippen molar-refractivity contribution in [3.8, 4) is 0 Å². The van der Waals surface area contributed by atoms with Gasteiger partial charge >= 0.3 is 0 Å². The zero-order valence-electron chi connectivity index (χ0n) is 7.18. The SMILES string of the molecule is CN1CCOCC1.CNC. The minimum Gasteiger partial charge on any atom is -0.379 e. The van der Waals surface area contributed by atoms with Gasteiger partial charge in [0.05, 0.1) is 13.2 Å². The van der Waals surface area contributed by atoms with Crippen molar-refractivity contribution in [3.63, 3.8) is 0 Å². The number of hydrogen-bond donors (Lipinski definition) is 1. The van der Waals surface area contributed by atoms with Gasteiger partial charge < -0.3 is 15.0 Å². The maximum absolute atomic E-state index is 5.10. The predicted octanol–water partition coefficient (Wildman–Crippen LogP) is -0.216. The van der Waals surface area contributed by atoms with Crippen LogP contribution in [0.1, 0.15) is 0 Å². The predicted molar refractivity (Wildman–Crippen MR) is 43.3 cm³/mol. The first kappa shape index (κ1) is 9.88. The molecule has 0 bridgehead atoms. The van der Waals surface area contributed by atoms with Gasteiger partial charge in [0.15, 0.2) is 0 Å². The largest absolute Gasteiger partial charge is 0.379 e. The van der Waals surface area contributed by atoms with Crippen LogP contribution in [0.15, 0.2) is 0 Å². The van der Waals surface area contributed by atoms with Crippen LogP contribution in [0.25, 0.3) is 0 Å². The quantitative estimate of drug-likeness (QED) is 0.511. The van der Waals surface area contributed by atoms with Crippen molar-refractivity contribution >= 4 is 0 Å². The molecule has 0 aromatic carbocycles. The maximum atomic E-state index is 5.10. The molecule has 0 atom stereocenters. The molecule has 0 aromatic heterocycles. The van der Waals surface area contributed by atoms with Crippen LogP contribution >= 0.6 is 0 Å². The van der Waals surface area contributed by atoms with Gasteiger partial charge in [-0.2, -0.15) is 0 Å². The number of hydrogen-bond acceptors (Lipinski definition) is 3. The molecule has 1 rings (SSSR count). The second-order valence-electron chi connectivity index (χ2n) is 2.42. The van der Waals surface area contributed by atoms with Gasteiger partial charge in [0, 0.05) is 13.1 Å². The fourth-order valence-corrected chi connectivity index (χ4v) is 0.655. The Morgan fingerprint density at radius 3 is 1.80 bits per heavy atom. The molecule has 1 aliphatic rings. The molecule has 62 valence electrons. The summed E-state index contributed by atoms with van der Waals surface area (Å²) in [5.74, 6) is 0. The molecule has 3 nitrogen and oxygen atoms in total. The molecule has 0 saturated carbocycles. The zero-order chi connectivity index (χ0) is 7.82. The topological polar surface area (TPSA) is 24.5 Å². The number of likely N-dealkylation sites (N-methyl/N-ethyl adjacent to an activating group) is 1. The first-order valence-electron chi connectivity index (χ1n) is 3.66. The van der Waals surface area contributed by atoms with Crippen molar-refractivity contribution < 1.29 is 4.74 Å². The monoisotopic (exact) mass is 146 g/mol. The fourth-order valence-electron chi connectivity index (χ4n) is 0.655. The van der Waals surface area contributed by atoms with Crippen molar-refractivity contribution in [1.29, 1.82) is 0 Å². The van der Waals surface area contributed by atoms with Gasteiger partial charge in [-0.25, -0.2) is 0 Å². The highest BCUT2D eigenvalue weighted by molar-refractivity contribution is 4.53. The van der Waals surface area contributed by atoms with E-state index in [1.165, 1.54) is 0 Å². The summed E-state index contributed by atoms with van der Waals surface area (Å²) in [7, 11) is 5.86. The van der Waals surface area contributed by atoms with Crippen LogP contribution in [0.2, 0.25) is 0 Å². The minimum atomic E-state index is 0.913. The van der Waals surface area contributed by atoms with Gasteiger partial charge in [-0.05, 0) is 21.1 Å². The van der Waals surface area contributed by atoms with Gasteiger partial charge in [0.25, 0.3) is 0 Å². The number of morpholine rings is 1. The Hall–Kier alpha value is -0.120. The molecule has 0 aromatic rings. The lowest BCUT2D eigenvalue weighted by Gasteiger charge is -2.21. The van der Waals surface area contributed by atoms with Crippen LogP contribution in [-0.2, 0) is 4.74 Å². The number of ether oxygens (including phenoxy) is 1. The van der Waals surface area contributed by atoms with Crippen molar-refractivity contribution in [2.75, 3.05) is 47.4 Å². The molecule has 0 radical (unpaired) electrons. The smallest absolute Gasteiger partial charge is 0.0594 e. The van der Waals surface area contributed by atoms with Gasteiger partial charge in [-0.3, -0.25) is 0 Å². The van der Waals surface area contributed by atoms with E-state index in [2.05, 4.69) is 17.3 Å². The third-order valence-corrected chi connectivity index (χ3v) is 1.23. The van der Waals surface area contributed by atoms with Crippen LogP contribution < -0.4 is 5.32 Å². The summed E-state index contributed by atoms with van der Waals surface area (Å²) in [6, 6.07) is 0. The Morgan fingerprint density at radius 2 is 1.60 bits per heavy atom. The highest BCUT2D eigenvalue weighted by atomic mass is 16.5. The summed E-state index contributed by atoms with van der Waals surface area (Å²) in [5.41, 5.74) is 0. The minimum absolute atomic E-state index is 0.913. The Balaban J connectivity index is 0.000000236. The summed E-state index contributed by atoms with van der Waals surface area (Å²) in [5, 5.41) is 2.75. The van der Waals surface area contributed by atoms with E-state index in [0.717, 1.165) is 26.3 Å². The third-order valence-electron chi connectivity index (χ3n) is 1.23. The van der Waals surface area contributed by atoms with Crippen LogP contribution in [0.4, 0.5) is 0 Å². The summed E-state index contributed by atoms with van der Waals surface area (Å²) in [4.78, 5) is 2.27. The second-order valence-corrected chi connectivity index (χ2v) is 2.42. The Labute approximate surface area is 63.4 Å². The molecule has 3 heteroatoms. The Morgan fingerprint density at radius 1 is 1.20 bits per heavy atom. The maximum Gasteiger partial charge on any atom is 0.0594 e. The number of rotatable bonds is 0. The molecule has 0 unspecified atom stereocenters. The average molecular weight is 146 g/mol. The van der Waals surface area contributed by atoms with E-state index in [9.17, 15) is 0 Å². The normalized spacial score (nSPS) is 19.5. The third kappa shape index (κ3) is 6.01. The molecule has 1 heterocycles. The average Bonchev–Trinajstić information content (AvgIpc) is 1.91.